The fraction of sp³-hybridized carbons (Fsp3) is 0.778. The number of ketones is 1. The molecule has 1 unspecified atom stereocenters. The fourth-order valence-corrected chi connectivity index (χ4v) is 1.77. The first-order valence-corrected chi connectivity index (χ1v) is 4.63. The maximum absolute atomic E-state index is 11.1. The van der Waals surface area contributed by atoms with Gasteiger partial charge in [-0.15, -0.1) is 0 Å². The van der Waals surface area contributed by atoms with Gasteiger partial charge in [0.1, 0.15) is 0 Å². The Balaban J connectivity index is 2.43. The van der Waals surface area contributed by atoms with Gasteiger partial charge in [-0.1, -0.05) is 0 Å². The lowest BCUT2D eigenvalue weighted by atomic mass is 10.1. The van der Waals surface area contributed by atoms with Crippen LogP contribution < -0.4 is 0 Å². The normalized spacial score (nSPS) is 23.3. The zero-order chi connectivity index (χ0) is 9.68. The molecule has 0 spiro atoms. The molecule has 4 heteroatoms. The maximum atomic E-state index is 11.1. The highest BCUT2D eigenvalue weighted by Gasteiger charge is 2.29. The predicted molar refractivity (Wildman–Crippen MR) is 47.4 cm³/mol. The monoisotopic (exact) mass is 185 g/mol. The summed E-state index contributed by atoms with van der Waals surface area (Å²) in [5, 5.41) is 8.63. The first-order chi connectivity index (χ1) is 6.29. The largest absolute Gasteiger partial charge is 0.396 e. The number of nitrogens with zero attached hydrogens (tertiary/aromatic N) is 1. The second kappa shape index (κ2) is 5.09. The number of hydrogen-bond donors (Lipinski definition) is 1. The van der Waals surface area contributed by atoms with E-state index in [2.05, 4.69) is 0 Å². The van der Waals surface area contributed by atoms with Crippen LogP contribution in [0.5, 0.6) is 0 Å². The number of aldehydes is 1. The summed E-state index contributed by atoms with van der Waals surface area (Å²) in [6.45, 7) is 1.71. The van der Waals surface area contributed by atoms with Crippen LogP contribution in [0, 0.1) is 0 Å². The predicted octanol–water partition coefficient (Wildman–Crippen LogP) is -0.399. The second-order valence-electron chi connectivity index (χ2n) is 3.29. The lowest BCUT2D eigenvalue weighted by Crippen LogP contribution is -2.37. The highest BCUT2D eigenvalue weighted by Crippen LogP contribution is 2.17. The Morgan fingerprint density at radius 1 is 1.62 bits per heavy atom. The van der Waals surface area contributed by atoms with Crippen molar-refractivity contribution in [1.29, 1.82) is 0 Å². The number of carbonyl (C=O) groups is 2. The summed E-state index contributed by atoms with van der Waals surface area (Å²) in [5.41, 5.74) is 0. The van der Waals surface area contributed by atoms with E-state index in [0.29, 0.717) is 19.3 Å². The van der Waals surface area contributed by atoms with Gasteiger partial charge in [-0.2, -0.15) is 0 Å². The molecule has 0 aromatic carbocycles. The van der Waals surface area contributed by atoms with Crippen LogP contribution in [0.2, 0.25) is 0 Å². The van der Waals surface area contributed by atoms with Gasteiger partial charge in [0, 0.05) is 13.2 Å². The first-order valence-electron chi connectivity index (χ1n) is 4.63. The van der Waals surface area contributed by atoms with E-state index in [-0.39, 0.29) is 18.4 Å². The number of likely N-dealkylation sites (tertiary alicyclic amines) is 1. The van der Waals surface area contributed by atoms with E-state index in [0.717, 1.165) is 19.4 Å². The second-order valence-corrected chi connectivity index (χ2v) is 3.29. The van der Waals surface area contributed by atoms with Crippen LogP contribution in [0.15, 0.2) is 0 Å². The molecule has 1 aliphatic heterocycles. The minimum absolute atomic E-state index is 0.137. The summed E-state index contributed by atoms with van der Waals surface area (Å²) in [6.07, 6.45) is 2.82. The number of rotatable bonds is 5. The van der Waals surface area contributed by atoms with Gasteiger partial charge in [-0.25, -0.2) is 0 Å². The zero-order valence-electron chi connectivity index (χ0n) is 7.61. The molecule has 0 amide bonds. The molecule has 0 aromatic rings. The molecule has 4 nitrogen and oxygen atoms in total. The minimum atomic E-state index is -0.324. The third-order valence-corrected chi connectivity index (χ3v) is 2.41. The number of carbonyl (C=O) groups excluding carboxylic acids is 2. The van der Waals surface area contributed by atoms with E-state index in [1.54, 1.807) is 0 Å². The quantitative estimate of drug-likeness (QED) is 0.468. The zero-order valence-corrected chi connectivity index (χ0v) is 7.61. The Hall–Kier alpha value is -0.740. The maximum Gasteiger partial charge on any atom is 0.212 e. The molecule has 0 aliphatic carbocycles. The molecule has 0 aromatic heterocycles. The topological polar surface area (TPSA) is 57.6 Å². The molecule has 0 radical (unpaired) electrons. The summed E-state index contributed by atoms with van der Waals surface area (Å²) < 4.78 is 0. The van der Waals surface area contributed by atoms with Crippen LogP contribution in [-0.4, -0.2) is 47.8 Å². The minimum Gasteiger partial charge on any atom is -0.396 e. The highest BCUT2D eigenvalue weighted by atomic mass is 16.3. The van der Waals surface area contributed by atoms with Crippen molar-refractivity contribution in [2.45, 2.75) is 25.3 Å². The Morgan fingerprint density at radius 2 is 2.38 bits per heavy atom. The Labute approximate surface area is 77.5 Å². The molecule has 1 atom stereocenters. The highest BCUT2D eigenvalue weighted by molar-refractivity contribution is 6.27. The molecule has 13 heavy (non-hydrogen) atoms. The molecular formula is C9H15NO3. The van der Waals surface area contributed by atoms with Crippen molar-refractivity contribution in [3.05, 3.63) is 0 Å². The van der Waals surface area contributed by atoms with Gasteiger partial charge < -0.3 is 5.11 Å². The van der Waals surface area contributed by atoms with Crippen LogP contribution in [0.3, 0.4) is 0 Å². The van der Waals surface area contributed by atoms with Crippen molar-refractivity contribution >= 4 is 12.1 Å². The SMILES string of the molecule is O=CC(=O)C1CCCN1CCCO. The van der Waals surface area contributed by atoms with Crippen LogP contribution in [-0.2, 0) is 9.59 Å². The Bertz CT molecular complexity index is 193. The van der Waals surface area contributed by atoms with E-state index in [4.69, 9.17) is 5.11 Å². The average Bonchev–Trinajstić information content (AvgIpc) is 2.61. The van der Waals surface area contributed by atoms with Crippen molar-refractivity contribution in [3.63, 3.8) is 0 Å². The van der Waals surface area contributed by atoms with Gasteiger partial charge in [0.05, 0.1) is 6.04 Å². The molecule has 0 bridgehead atoms. The van der Waals surface area contributed by atoms with Crippen LogP contribution >= 0.6 is 0 Å². The fourth-order valence-electron chi connectivity index (χ4n) is 1.77. The van der Waals surface area contributed by atoms with Gasteiger partial charge in [0.2, 0.25) is 5.78 Å². The number of Topliss-reactive ketones (excluding diaryl/α,β-unsaturated/α-hetero) is 1. The van der Waals surface area contributed by atoms with Crippen molar-refractivity contribution in [3.8, 4) is 0 Å². The van der Waals surface area contributed by atoms with E-state index in [1.165, 1.54) is 0 Å². The van der Waals surface area contributed by atoms with Crippen LogP contribution in [0.4, 0.5) is 0 Å². The van der Waals surface area contributed by atoms with Crippen LogP contribution in [0.1, 0.15) is 19.3 Å². The lowest BCUT2D eigenvalue weighted by Gasteiger charge is -2.20. The Kier molecular flexibility index (Phi) is 4.05. The average molecular weight is 185 g/mol. The van der Waals surface area contributed by atoms with Gasteiger partial charge in [0.15, 0.2) is 6.29 Å². The van der Waals surface area contributed by atoms with Crippen molar-refractivity contribution in [2.24, 2.45) is 0 Å². The number of aliphatic hydroxyl groups is 1. The lowest BCUT2D eigenvalue weighted by molar-refractivity contribution is -0.132. The van der Waals surface area contributed by atoms with Gasteiger partial charge in [-0.05, 0) is 25.8 Å². The summed E-state index contributed by atoms with van der Waals surface area (Å²) >= 11 is 0. The number of aliphatic hydroxyl groups excluding tert-OH is 1. The summed E-state index contributed by atoms with van der Waals surface area (Å²) in [5.74, 6) is -0.324. The first kappa shape index (κ1) is 10.3. The number of hydrogen-bond acceptors (Lipinski definition) is 4. The third kappa shape index (κ3) is 2.60. The van der Waals surface area contributed by atoms with E-state index in [1.807, 2.05) is 4.90 Å². The van der Waals surface area contributed by atoms with Gasteiger partial charge >= 0.3 is 0 Å². The molecule has 0 saturated carbocycles. The van der Waals surface area contributed by atoms with Crippen molar-refractivity contribution < 1.29 is 14.7 Å². The summed E-state index contributed by atoms with van der Waals surface area (Å²) in [4.78, 5) is 23.4. The van der Waals surface area contributed by atoms with E-state index >= 15 is 0 Å². The van der Waals surface area contributed by atoms with Crippen molar-refractivity contribution in [2.75, 3.05) is 19.7 Å². The molecule has 1 N–H and O–H groups in total. The molecule has 74 valence electrons. The summed E-state index contributed by atoms with van der Waals surface area (Å²) in [6, 6.07) is -0.218. The molecule has 1 rings (SSSR count). The van der Waals surface area contributed by atoms with Gasteiger partial charge in [0.25, 0.3) is 0 Å². The third-order valence-electron chi connectivity index (χ3n) is 2.41. The smallest absolute Gasteiger partial charge is 0.212 e. The molecule has 1 fully saturated rings. The molecule has 1 aliphatic rings. The standard InChI is InChI=1S/C9H15NO3/c11-6-2-5-10-4-1-3-8(10)9(13)7-12/h7-8,11H,1-6H2. The molecule has 1 saturated heterocycles. The van der Waals surface area contributed by atoms with E-state index < -0.39 is 0 Å². The van der Waals surface area contributed by atoms with Crippen LogP contribution in [0.25, 0.3) is 0 Å². The van der Waals surface area contributed by atoms with E-state index in [9.17, 15) is 9.59 Å². The van der Waals surface area contributed by atoms with Gasteiger partial charge in [-0.3, -0.25) is 14.5 Å². The van der Waals surface area contributed by atoms with Crippen molar-refractivity contribution in [1.82, 2.24) is 4.90 Å². The molecular weight excluding hydrogens is 170 g/mol. The Morgan fingerprint density at radius 3 is 3.00 bits per heavy atom. The summed E-state index contributed by atoms with van der Waals surface area (Å²) in [7, 11) is 0. The molecule has 1 heterocycles.